The maximum Gasteiger partial charge on any atom is 0.247 e. The Morgan fingerprint density at radius 1 is 1.18 bits per heavy atom. The molecule has 0 aliphatic heterocycles. The molecule has 2 N–H and O–H groups in total. The molecule has 0 fully saturated rings. The lowest BCUT2D eigenvalue weighted by molar-refractivity contribution is 0.0955. The van der Waals surface area contributed by atoms with Gasteiger partial charge in [0.2, 0.25) is 5.89 Å². The summed E-state index contributed by atoms with van der Waals surface area (Å²) in [7, 11) is 0. The van der Waals surface area contributed by atoms with Gasteiger partial charge < -0.3 is 14.6 Å². The fraction of sp³-hybridized carbons (Fsp3) is 0.227. The van der Waals surface area contributed by atoms with Gasteiger partial charge in [0.15, 0.2) is 17.3 Å². The number of aromatic nitrogens is 8. The third-order valence-corrected chi connectivity index (χ3v) is 5.29. The van der Waals surface area contributed by atoms with Crippen LogP contribution in [0.1, 0.15) is 29.5 Å². The van der Waals surface area contributed by atoms with Gasteiger partial charge in [-0.3, -0.25) is 9.48 Å². The second-order valence-corrected chi connectivity index (χ2v) is 7.90. The van der Waals surface area contributed by atoms with Gasteiger partial charge in [0.05, 0.1) is 12.4 Å². The molecule has 166 valence electrons. The number of hydrogen-bond acceptors (Lipinski definition) is 9. The van der Waals surface area contributed by atoms with Gasteiger partial charge >= 0.3 is 0 Å². The molecule has 5 rings (SSSR count). The molecule has 0 aliphatic carbocycles. The molecule has 0 amide bonds. The van der Waals surface area contributed by atoms with E-state index < -0.39 is 0 Å². The number of rotatable bonds is 7. The van der Waals surface area contributed by atoms with Crippen LogP contribution in [0.15, 0.2) is 53.8 Å². The number of fused-ring (bicyclic) bond motifs is 1. The topological polar surface area (TPSA) is 143 Å². The SMILES string of the molecule is Cc1cnc2ccc(-c3nc(C(=O)C[C@@H](C)Cn4ccnn4)c(N)nc3-c3ncco3)cn12. The van der Waals surface area contributed by atoms with E-state index in [1.54, 1.807) is 23.3 Å². The highest BCUT2D eigenvalue weighted by Crippen LogP contribution is 2.31. The summed E-state index contributed by atoms with van der Waals surface area (Å²) in [6.07, 6.45) is 10.2. The van der Waals surface area contributed by atoms with Crippen LogP contribution in [0.4, 0.5) is 5.82 Å². The molecular formula is C22H21N9O2. The van der Waals surface area contributed by atoms with Crippen LogP contribution in [-0.4, -0.2) is 45.1 Å². The first-order chi connectivity index (χ1) is 16.0. The summed E-state index contributed by atoms with van der Waals surface area (Å²) < 4.78 is 9.09. The van der Waals surface area contributed by atoms with Crippen LogP contribution in [0.25, 0.3) is 28.5 Å². The number of aryl methyl sites for hydroxylation is 1. The normalized spacial score (nSPS) is 12.3. The van der Waals surface area contributed by atoms with Crippen LogP contribution in [0, 0.1) is 12.8 Å². The van der Waals surface area contributed by atoms with E-state index in [4.69, 9.17) is 10.2 Å². The summed E-state index contributed by atoms with van der Waals surface area (Å²) in [4.78, 5) is 30.8. The lowest BCUT2D eigenvalue weighted by atomic mass is 10.0. The summed E-state index contributed by atoms with van der Waals surface area (Å²) in [6, 6.07) is 3.75. The second kappa shape index (κ2) is 8.26. The molecule has 5 aromatic rings. The smallest absolute Gasteiger partial charge is 0.247 e. The molecule has 5 aromatic heterocycles. The molecule has 0 radical (unpaired) electrons. The Bertz CT molecular complexity index is 1420. The molecular weight excluding hydrogens is 422 g/mol. The van der Waals surface area contributed by atoms with E-state index in [1.807, 2.05) is 36.6 Å². The van der Waals surface area contributed by atoms with Gasteiger partial charge in [-0.15, -0.1) is 5.10 Å². The zero-order valence-electron chi connectivity index (χ0n) is 18.1. The van der Waals surface area contributed by atoms with Crippen molar-refractivity contribution in [2.45, 2.75) is 26.8 Å². The lowest BCUT2D eigenvalue weighted by Crippen LogP contribution is -2.17. The maximum absolute atomic E-state index is 13.1. The van der Waals surface area contributed by atoms with Crippen molar-refractivity contribution in [3.05, 3.63) is 60.8 Å². The van der Waals surface area contributed by atoms with E-state index in [1.165, 1.54) is 12.5 Å². The van der Waals surface area contributed by atoms with Gasteiger partial charge in [-0.2, -0.15) is 0 Å². The zero-order valence-corrected chi connectivity index (χ0v) is 18.1. The van der Waals surface area contributed by atoms with Crippen LogP contribution < -0.4 is 5.73 Å². The Labute approximate surface area is 188 Å². The van der Waals surface area contributed by atoms with Crippen molar-refractivity contribution in [2.24, 2.45) is 5.92 Å². The Hall–Kier alpha value is -4.41. The minimum atomic E-state index is -0.201. The number of carbonyl (C=O) groups excluding carboxylic acids is 1. The summed E-state index contributed by atoms with van der Waals surface area (Å²) >= 11 is 0. The first kappa shape index (κ1) is 20.5. The van der Waals surface area contributed by atoms with E-state index >= 15 is 0 Å². The van der Waals surface area contributed by atoms with E-state index in [0.29, 0.717) is 17.9 Å². The molecule has 0 saturated heterocycles. The fourth-order valence-corrected chi connectivity index (χ4v) is 3.71. The first-order valence-corrected chi connectivity index (χ1v) is 10.4. The second-order valence-electron chi connectivity index (χ2n) is 7.90. The monoisotopic (exact) mass is 443 g/mol. The van der Waals surface area contributed by atoms with Gasteiger partial charge in [0.25, 0.3) is 0 Å². The van der Waals surface area contributed by atoms with Crippen LogP contribution in [0.3, 0.4) is 0 Å². The number of imidazole rings is 1. The third-order valence-electron chi connectivity index (χ3n) is 5.29. The van der Waals surface area contributed by atoms with Gasteiger partial charge in [-0.25, -0.2) is 19.9 Å². The standard InChI is InChI=1S/C22H21N9O2/c1-13(11-30-7-5-26-29-30)9-16(32)19-21(23)28-20(22-24-6-8-33-22)18(27-19)15-3-4-17-25-10-14(2)31(17)12-15/h3-8,10,12-13H,9,11H2,1-2H3,(H2,23,28)/t13-/m1/s1. The van der Waals surface area contributed by atoms with E-state index in [0.717, 1.165) is 16.9 Å². The average molecular weight is 443 g/mol. The van der Waals surface area contributed by atoms with Crippen molar-refractivity contribution >= 4 is 17.2 Å². The number of carbonyl (C=O) groups is 1. The van der Waals surface area contributed by atoms with Crippen molar-refractivity contribution in [2.75, 3.05) is 5.73 Å². The van der Waals surface area contributed by atoms with Crippen LogP contribution in [0.2, 0.25) is 0 Å². The number of nitrogen functional groups attached to an aromatic ring is 1. The Morgan fingerprint density at radius 2 is 2.06 bits per heavy atom. The predicted octanol–water partition coefficient (Wildman–Crippen LogP) is 2.84. The van der Waals surface area contributed by atoms with Gasteiger partial charge in [-0.1, -0.05) is 12.1 Å². The number of Topliss-reactive ketones (excluding diaryl/α,β-unsaturated/α-hetero) is 1. The number of nitrogens with zero attached hydrogens (tertiary/aromatic N) is 8. The Morgan fingerprint density at radius 3 is 2.82 bits per heavy atom. The largest absolute Gasteiger partial charge is 0.443 e. The van der Waals surface area contributed by atoms with Gasteiger partial charge in [0.1, 0.15) is 23.3 Å². The molecule has 1 atom stereocenters. The number of ketones is 1. The molecule has 33 heavy (non-hydrogen) atoms. The maximum atomic E-state index is 13.1. The number of anilines is 1. The minimum absolute atomic E-state index is 0.000199. The van der Waals surface area contributed by atoms with Crippen molar-refractivity contribution in [1.29, 1.82) is 0 Å². The van der Waals surface area contributed by atoms with Crippen molar-refractivity contribution in [3.8, 4) is 22.8 Å². The number of pyridine rings is 1. The fourth-order valence-electron chi connectivity index (χ4n) is 3.71. The summed E-state index contributed by atoms with van der Waals surface area (Å²) in [5, 5.41) is 7.75. The summed E-state index contributed by atoms with van der Waals surface area (Å²) in [5.74, 6) is 0.0999. The number of hydrogen-bond donors (Lipinski definition) is 1. The first-order valence-electron chi connectivity index (χ1n) is 10.4. The highest BCUT2D eigenvalue weighted by molar-refractivity contribution is 5.99. The molecule has 0 bridgehead atoms. The van der Waals surface area contributed by atoms with Crippen molar-refractivity contribution in [1.82, 2.24) is 39.3 Å². The highest BCUT2D eigenvalue weighted by Gasteiger charge is 2.23. The minimum Gasteiger partial charge on any atom is -0.443 e. The van der Waals surface area contributed by atoms with Crippen molar-refractivity contribution in [3.63, 3.8) is 0 Å². The average Bonchev–Trinajstić information content (AvgIpc) is 3.56. The van der Waals surface area contributed by atoms with E-state index in [9.17, 15) is 4.79 Å². The zero-order chi connectivity index (χ0) is 22.9. The molecule has 0 aliphatic rings. The molecule has 0 unspecified atom stereocenters. The number of oxazole rings is 1. The lowest BCUT2D eigenvalue weighted by Gasteiger charge is -2.13. The highest BCUT2D eigenvalue weighted by atomic mass is 16.3. The van der Waals surface area contributed by atoms with Crippen molar-refractivity contribution < 1.29 is 9.21 Å². The van der Waals surface area contributed by atoms with Crippen LogP contribution in [-0.2, 0) is 6.54 Å². The van der Waals surface area contributed by atoms with Gasteiger partial charge in [0, 0.05) is 42.8 Å². The quantitative estimate of drug-likeness (QED) is 0.375. The van der Waals surface area contributed by atoms with E-state index in [2.05, 4.69) is 30.2 Å². The molecule has 0 saturated carbocycles. The predicted molar refractivity (Wildman–Crippen MR) is 119 cm³/mol. The Kier molecular flexibility index (Phi) is 5.13. The molecule has 0 spiro atoms. The third kappa shape index (κ3) is 3.95. The number of nitrogens with two attached hydrogens (primary N) is 1. The Balaban J connectivity index is 1.55. The molecule has 11 nitrogen and oxygen atoms in total. The van der Waals surface area contributed by atoms with Crippen LogP contribution >= 0.6 is 0 Å². The van der Waals surface area contributed by atoms with E-state index in [-0.39, 0.29) is 35.5 Å². The van der Waals surface area contributed by atoms with Gasteiger partial charge in [-0.05, 0) is 25.0 Å². The molecule has 5 heterocycles. The molecule has 0 aromatic carbocycles. The summed E-state index contributed by atoms with van der Waals surface area (Å²) in [6.45, 7) is 4.47. The summed E-state index contributed by atoms with van der Waals surface area (Å²) in [5.41, 5.74) is 9.61. The van der Waals surface area contributed by atoms with Crippen LogP contribution in [0.5, 0.6) is 0 Å². The molecule has 11 heteroatoms.